The topological polar surface area (TPSA) is 58.6 Å². The molecule has 0 fully saturated rings. The number of benzene rings is 1. The number of aryl methyl sites for hydroxylation is 2. The molecule has 4 nitrogen and oxygen atoms in total. The van der Waals surface area contributed by atoms with Gasteiger partial charge in [-0.25, -0.2) is 0 Å². The van der Waals surface area contributed by atoms with E-state index in [-0.39, 0.29) is 29.6 Å². The zero-order chi connectivity index (χ0) is 24.6. The molecule has 3 rings (SSSR count). The summed E-state index contributed by atoms with van der Waals surface area (Å²) in [5.41, 5.74) is 4.83. The minimum absolute atomic E-state index is 0. The van der Waals surface area contributed by atoms with Gasteiger partial charge in [-0.05, 0) is 80.1 Å². The van der Waals surface area contributed by atoms with Crippen LogP contribution in [0, 0.1) is 0 Å². The van der Waals surface area contributed by atoms with Crippen molar-refractivity contribution in [1.29, 1.82) is 0 Å². The first-order valence-electron chi connectivity index (χ1n) is 13.6. The molecule has 1 aromatic carbocycles. The molecule has 0 bridgehead atoms. The first-order valence-corrected chi connectivity index (χ1v) is 15.1. The summed E-state index contributed by atoms with van der Waals surface area (Å²) in [6.45, 7) is 8.74. The third-order valence-electron chi connectivity index (χ3n) is 7.14. The molecule has 2 aliphatic rings. The number of fused-ring (bicyclic) bond motifs is 1. The normalized spacial score (nSPS) is 23.6. The summed E-state index contributed by atoms with van der Waals surface area (Å²) >= 11 is 0. The van der Waals surface area contributed by atoms with Crippen molar-refractivity contribution < 1.29 is 48.1 Å². The molecule has 0 saturated carbocycles. The number of hydrogen-bond donors (Lipinski definition) is 0. The van der Waals surface area contributed by atoms with Gasteiger partial charge in [0.2, 0.25) is 0 Å². The van der Waals surface area contributed by atoms with Gasteiger partial charge in [-0.1, -0.05) is 83.2 Å². The van der Waals surface area contributed by atoms with Crippen LogP contribution in [0.5, 0.6) is 5.75 Å². The monoisotopic (exact) mass is 510 g/mol. The standard InChI is InChI=1S/C29H45O4P.Na/c1-5-9-13-23-17-18-29(27(21-23)16-12-8-4)22-26-20-24(14-10-6-2)19-25(15-11-7-3)28(26)32-34(30,31)33-29;/h17,19-21H,5-16,18,22H2,1-4H3,(H,30,31);/q;+1/p-1. The smallest absolute Gasteiger partial charge is 0.746 e. The predicted molar refractivity (Wildman–Crippen MR) is 139 cm³/mol. The minimum atomic E-state index is -4.52. The van der Waals surface area contributed by atoms with Crippen molar-refractivity contribution in [2.75, 3.05) is 0 Å². The van der Waals surface area contributed by atoms with Gasteiger partial charge in [0.05, 0.1) is 0 Å². The van der Waals surface area contributed by atoms with Gasteiger partial charge in [0, 0.05) is 6.42 Å². The molecule has 1 aliphatic heterocycles. The maximum atomic E-state index is 13.2. The Bertz CT molecular complexity index is 939. The van der Waals surface area contributed by atoms with E-state index in [9.17, 15) is 9.46 Å². The van der Waals surface area contributed by atoms with Crippen LogP contribution in [0.3, 0.4) is 0 Å². The second-order valence-electron chi connectivity index (χ2n) is 10.1. The average molecular weight is 511 g/mol. The molecule has 0 radical (unpaired) electrons. The van der Waals surface area contributed by atoms with E-state index in [1.165, 1.54) is 11.1 Å². The first-order chi connectivity index (χ1) is 16.4. The van der Waals surface area contributed by atoms with Crippen molar-refractivity contribution >= 4 is 7.82 Å². The Hall–Kier alpha value is -0.350. The SMILES string of the molecule is CCCCC1=CCC2(Cc3cc(CCCC)cc(CCCC)c3OP(=O)([O-])O2)C(CCCC)=C1.[Na+]. The number of allylic oxidation sites excluding steroid dienone is 2. The van der Waals surface area contributed by atoms with Gasteiger partial charge in [-0.15, -0.1) is 0 Å². The largest absolute Gasteiger partial charge is 1.00 e. The Labute approximate surface area is 235 Å². The van der Waals surface area contributed by atoms with E-state index < -0.39 is 13.4 Å². The van der Waals surface area contributed by atoms with Crippen LogP contribution < -0.4 is 39.0 Å². The number of phosphoric acid groups is 1. The second-order valence-corrected chi connectivity index (χ2v) is 11.4. The molecule has 1 aliphatic carbocycles. The molecule has 190 valence electrons. The fourth-order valence-corrected chi connectivity index (χ4v) is 6.36. The predicted octanol–water partition coefficient (Wildman–Crippen LogP) is 5.17. The van der Waals surface area contributed by atoms with Gasteiger partial charge in [-0.2, -0.15) is 0 Å². The molecule has 1 heterocycles. The summed E-state index contributed by atoms with van der Waals surface area (Å²) in [5.74, 6) is 0.527. The first kappa shape index (κ1) is 30.9. The maximum absolute atomic E-state index is 13.2. The third kappa shape index (κ3) is 8.32. The molecule has 0 saturated heterocycles. The Morgan fingerprint density at radius 2 is 1.54 bits per heavy atom. The molecule has 2 unspecified atom stereocenters. The molecule has 35 heavy (non-hydrogen) atoms. The quantitative estimate of drug-likeness (QED) is 0.288. The van der Waals surface area contributed by atoms with Gasteiger partial charge in [0.25, 0.3) is 0 Å². The van der Waals surface area contributed by atoms with Crippen LogP contribution in [0.15, 0.2) is 35.4 Å². The van der Waals surface area contributed by atoms with Crippen molar-refractivity contribution in [3.8, 4) is 5.75 Å². The second kappa shape index (κ2) is 14.6. The summed E-state index contributed by atoms with van der Waals surface area (Å²) in [5, 5.41) is 0. The fraction of sp³-hybridized carbons (Fsp3) is 0.655. The van der Waals surface area contributed by atoms with Crippen LogP contribution in [0.1, 0.15) is 115 Å². The van der Waals surface area contributed by atoms with E-state index >= 15 is 0 Å². The molecular formula is C29H44NaO4P. The van der Waals surface area contributed by atoms with E-state index in [0.29, 0.717) is 18.6 Å². The van der Waals surface area contributed by atoms with Crippen molar-refractivity contribution in [2.24, 2.45) is 0 Å². The Morgan fingerprint density at radius 3 is 2.23 bits per heavy atom. The number of phosphoric ester groups is 1. The molecule has 0 amide bonds. The van der Waals surface area contributed by atoms with Crippen molar-refractivity contribution in [3.05, 3.63) is 52.1 Å². The van der Waals surface area contributed by atoms with Crippen LogP contribution in [0.2, 0.25) is 0 Å². The van der Waals surface area contributed by atoms with E-state index in [4.69, 9.17) is 9.05 Å². The van der Waals surface area contributed by atoms with Crippen molar-refractivity contribution in [3.63, 3.8) is 0 Å². The van der Waals surface area contributed by atoms with Crippen molar-refractivity contribution in [1.82, 2.24) is 0 Å². The molecule has 2 atom stereocenters. The maximum Gasteiger partial charge on any atom is 1.00 e. The third-order valence-corrected chi connectivity index (χ3v) is 8.12. The summed E-state index contributed by atoms with van der Waals surface area (Å²) in [7, 11) is -4.52. The Balaban J connectivity index is 0.00000432. The molecule has 0 aromatic heterocycles. The number of hydrogen-bond acceptors (Lipinski definition) is 4. The van der Waals surface area contributed by atoms with Crippen molar-refractivity contribution in [2.45, 2.75) is 123 Å². The Morgan fingerprint density at radius 1 is 0.914 bits per heavy atom. The number of rotatable bonds is 12. The van der Waals surface area contributed by atoms with Crippen LogP contribution >= 0.6 is 7.82 Å². The van der Waals surface area contributed by atoms with E-state index in [1.54, 1.807) is 0 Å². The van der Waals surface area contributed by atoms with Gasteiger partial charge < -0.3 is 9.42 Å². The van der Waals surface area contributed by atoms with Crippen LogP contribution in [0.25, 0.3) is 0 Å². The van der Waals surface area contributed by atoms with Crippen LogP contribution in [0.4, 0.5) is 0 Å². The molecule has 6 heteroatoms. The summed E-state index contributed by atoms with van der Waals surface area (Å²) in [6, 6.07) is 4.35. The van der Waals surface area contributed by atoms with E-state index in [1.807, 2.05) is 0 Å². The Kier molecular flexibility index (Phi) is 12.8. The van der Waals surface area contributed by atoms with E-state index in [0.717, 1.165) is 93.7 Å². The van der Waals surface area contributed by atoms with Gasteiger partial charge in [-0.3, -0.25) is 9.09 Å². The van der Waals surface area contributed by atoms with Crippen LogP contribution in [-0.4, -0.2) is 5.60 Å². The number of unbranched alkanes of at least 4 members (excludes halogenated alkanes) is 4. The molecule has 1 spiro atoms. The minimum Gasteiger partial charge on any atom is -0.746 e. The zero-order valence-corrected chi connectivity index (χ0v) is 25.7. The molecule has 0 N–H and O–H groups in total. The summed E-state index contributed by atoms with van der Waals surface area (Å²) in [6.07, 6.45) is 18.0. The summed E-state index contributed by atoms with van der Waals surface area (Å²) < 4.78 is 24.9. The van der Waals surface area contributed by atoms with Gasteiger partial charge in [0.1, 0.15) is 11.4 Å². The molecular weight excluding hydrogens is 466 g/mol. The summed E-state index contributed by atoms with van der Waals surface area (Å²) in [4.78, 5) is 13.2. The average Bonchev–Trinajstić information content (AvgIpc) is 2.92. The van der Waals surface area contributed by atoms with Gasteiger partial charge in [0.15, 0.2) is 0 Å². The molecule has 1 aromatic rings. The van der Waals surface area contributed by atoms with Gasteiger partial charge >= 0.3 is 37.4 Å². The fourth-order valence-electron chi connectivity index (χ4n) is 5.18. The zero-order valence-electron chi connectivity index (χ0n) is 22.8. The van der Waals surface area contributed by atoms with E-state index in [2.05, 4.69) is 52.0 Å². The van der Waals surface area contributed by atoms with Crippen LogP contribution in [-0.2, 0) is 28.4 Å².